The average Bonchev–Trinajstić information content (AvgIpc) is 3.17. The highest BCUT2D eigenvalue weighted by Crippen LogP contribution is 2.50. The standard InChI is InChI=1S/C23H18Br2N2O/c1-23(16-7-9-17(24)10-8-16)27-21(19-13-18(25)11-12-22(19)28-23)14-20(26-27)15-5-3-2-4-6-15/h2-13,21H,14H2,1H3/t21-,23+/m0/s1. The molecule has 5 heteroatoms. The van der Waals surface area contributed by atoms with Crippen LogP contribution in [0.5, 0.6) is 5.75 Å². The van der Waals surface area contributed by atoms with E-state index >= 15 is 0 Å². The molecule has 0 bridgehead atoms. The second kappa shape index (κ2) is 6.75. The molecule has 3 nitrogen and oxygen atoms in total. The fraction of sp³-hybridized carbons (Fsp3) is 0.174. The van der Waals surface area contributed by atoms with E-state index in [4.69, 9.17) is 9.84 Å². The van der Waals surface area contributed by atoms with E-state index in [1.807, 2.05) is 30.3 Å². The first kappa shape index (κ1) is 18.0. The summed E-state index contributed by atoms with van der Waals surface area (Å²) < 4.78 is 8.68. The van der Waals surface area contributed by atoms with Gasteiger partial charge in [0.2, 0.25) is 5.72 Å². The number of nitrogens with zero attached hydrogens (tertiary/aromatic N) is 2. The van der Waals surface area contributed by atoms with E-state index < -0.39 is 5.72 Å². The fourth-order valence-electron chi connectivity index (χ4n) is 4.03. The predicted octanol–water partition coefficient (Wildman–Crippen LogP) is 6.63. The number of hydrogen-bond acceptors (Lipinski definition) is 3. The van der Waals surface area contributed by atoms with E-state index in [1.165, 1.54) is 5.56 Å². The van der Waals surface area contributed by atoms with Crippen LogP contribution in [0.15, 0.2) is 86.8 Å². The van der Waals surface area contributed by atoms with Gasteiger partial charge in [0.1, 0.15) is 5.75 Å². The normalized spacial score (nSPS) is 22.9. The monoisotopic (exact) mass is 496 g/mol. The number of benzene rings is 3. The molecular formula is C23H18Br2N2O. The Labute approximate surface area is 181 Å². The first-order chi connectivity index (χ1) is 13.5. The lowest BCUT2D eigenvalue weighted by molar-refractivity contribution is -0.112. The van der Waals surface area contributed by atoms with E-state index in [2.05, 4.69) is 86.3 Å². The predicted molar refractivity (Wildman–Crippen MR) is 118 cm³/mol. The Morgan fingerprint density at radius 2 is 1.68 bits per heavy atom. The van der Waals surface area contributed by atoms with Gasteiger partial charge in [-0.05, 0) is 35.9 Å². The van der Waals surface area contributed by atoms with Gasteiger partial charge in [-0.1, -0.05) is 74.3 Å². The maximum Gasteiger partial charge on any atom is 0.221 e. The Kier molecular flexibility index (Phi) is 4.33. The van der Waals surface area contributed by atoms with Crippen molar-refractivity contribution in [3.63, 3.8) is 0 Å². The number of hydrazone groups is 1. The number of rotatable bonds is 2. The fourth-order valence-corrected chi connectivity index (χ4v) is 4.68. The molecule has 0 amide bonds. The third-order valence-corrected chi connectivity index (χ3v) is 6.50. The van der Waals surface area contributed by atoms with Crippen molar-refractivity contribution >= 4 is 37.6 Å². The summed E-state index contributed by atoms with van der Waals surface area (Å²) in [5.41, 5.74) is 3.81. The molecule has 3 aromatic rings. The molecule has 140 valence electrons. The Morgan fingerprint density at radius 3 is 2.43 bits per heavy atom. The lowest BCUT2D eigenvalue weighted by atomic mass is 9.92. The number of fused-ring (bicyclic) bond motifs is 3. The molecule has 0 radical (unpaired) electrons. The van der Waals surface area contributed by atoms with E-state index in [0.29, 0.717) is 0 Å². The summed E-state index contributed by atoms with van der Waals surface area (Å²) >= 11 is 7.14. The van der Waals surface area contributed by atoms with Crippen molar-refractivity contribution in [1.29, 1.82) is 0 Å². The van der Waals surface area contributed by atoms with Gasteiger partial charge < -0.3 is 4.74 Å². The van der Waals surface area contributed by atoms with E-state index in [-0.39, 0.29) is 6.04 Å². The highest BCUT2D eigenvalue weighted by atomic mass is 79.9. The molecule has 2 heterocycles. The van der Waals surface area contributed by atoms with Crippen LogP contribution in [-0.2, 0) is 5.72 Å². The van der Waals surface area contributed by atoms with Gasteiger partial charge in [0, 0.05) is 33.4 Å². The van der Waals surface area contributed by atoms with Crippen LogP contribution in [0, 0.1) is 0 Å². The third kappa shape index (κ3) is 2.88. The second-order valence-corrected chi connectivity index (χ2v) is 9.08. The van der Waals surface area contributed by atoms with Crippen molar-refractivity contribution < 1.29 is 4.74 Å². The summed E-state index contributed by atoms with van der Waals surface area (Å²) in [4.78, 5) is 0. The summed E-state index contributed by atoms with van der Waals surface area (Å²) in [5.74, 6) is 0.916. The number of ether oxygens (including phenoxy) is 1. The van der Waals surface area contributed by atoms with E-state index in [1.54, 1.807) is 0 Å². The summed E-state index contributed by atoms with van der Waals surface area (Å²) in [6, 6.07) is 25.1. The molecule has 0 saturated heterocycles. The zero-order valence-electron chi connectivity index (χ0n) is 15.3. The molecule has 2 aliphatic heterocycles. The first-order valence-electron chi connectivity index (χ1n) is 9.21. The molecule has 0 fully saturated rings. The highest BCUT2D eigenvalue weighted by Gasteiger charge is 2.48. The van der Waals surface area contributed by atoms with E-state index in [0.717, 1.165) is 38.0 Å². The molecule has 2 atom stereocenters. The van der Waals surface area contributed by atoms with Crippen molar-refractivity contribution in [2.24, 2.45) is 5.10 Å². The lowest BCUT2D eigenvalue weighted by Gasteiger charge is -2.46. The molecule has 5 rings (SSSR count). The van der Waals surface area contributed by atoms with Gasteiger partial charge in [-0.2, -0.15) is 5.10 Å². The lowest BCUT2D eigenvalue weighted by Crippen LogP contribution is -2.48. The Morgan fingerprint density at radius 1 is 0.964 bits per heavy atom. The van der Waals surface area contributed by atoms with Gasteiger partial charge in [-0.15, -0.1) is 0 Å². The van der Waals surface area contributed by atoms with Gasteiger partial charge >= 0.3 is 0 Å². The molecule has 0 N–H and O–H groups in total. The van der Waals surface area contributed by atoms with Gasteiger partial charge in [-0.3, -0.25) is 0 Å². The zero-order valence-corrected chi connectivity index (χ0v) is 18.4. The first-order valence-corrected chi connectivity index (χ1v) is 10.8. The third-order valence-electron chi connectivity index (χ3n) is 5.47. The molecule has 3 aromatic carbocycles. The average molecular weight is 498 g/mol. The van der Waals surface area contributed by atoms with Gasteiger partial charge in [0.05, 0.1) is 11.8 Å². The van der Waals surface area contributed by atoms with Crippen LogP contribution in [-0.4, -0.2) is 10.7 Å². The van der Waals surface area contributed by atoms with Crippen LogP contribution < -0.4 is 4.74 Å². The van der Waals surface area contributed by atoms with Crippen molar-refractivity contribution in [3.8, 4) is 5.75 Å². The minimum absolute atomic E-state index is 0.130. The van der Waals surface area contributed by atoms with Gasteiger partial charge in [0.25, 0.3) is 0 Å². The molecule has 0 aromatic heterocycles. The SMILES string of the molecule is C[C@]1(c2ccc(Br)cc2)Oc2ccc(Br)cc2[C@@H]2CC(c3ccccc3)=NN21. The van der Waals surface area contributed by atoms with Crippen LogP contribution in [0.3, 0.4) is 0 Å². The summed E-state index contributed by atoms with van der Waals surface area (Å²) in [6.45, 7) is 2.10. The van der Waals surface area contributed by atoms with Crippen LogP contribution in [0.25, 0.3) is 0 Å². The van der Waals surface area contributed by atoms with Crippen molar-refractivity contribution in [1.82, 2.24) is 5.01 Å². The van der Waals surface area contributed by atoms with Crippen LogP contribution >= 0.6 is 31.9 Å². The summed E-state index contributed by atoms with van der Waals surface area (Å²) in [5, 5.41) is 7.19. The Hall–Kier alpha value is -2.11. The summed E-state index contributed by atoms with van der Waals surface area (Å²) in [6.07, 6.45) is 0.850. The Bertz CT molecular complexity index is 1070. The molecule has 0 unspecified atom stereocenters. The van der Waals surface area contributed by atoms with Gasteiger partial charge in [-0.25, -0.2) is 5.01 Å². The van der Waals surface area contributed by atoms with Crippen molar-refractivity contribution in [2.75, 3.05) is 0 Å². The quantitative estimate of drug-likeness (QED) is 0.397. The minimum Gasteiger partial charge on any atom is -0.462 e. The molecular weight excluding hydrogens is 480 g/mol. The zero-order chi connectivity index (χ0) is 19.3. The van der Waals surface area contributed by atoms with Crippen molar-refractivity contribution in [3.05, 3.63) is 98.4 Å². The maximum absolute atomic E-state index is 6.58. The topological polar surface area (TPSA) is 24.8 Å². The van der Waals surface area contributed by atoms with E-state index in [9.17, 15) is 0 Å². The number of hydrogen-bond donors (Lipinski definition) is 0. The Balaban J connectivity index is 1.66. The largest absolute Gasteiger partial charge is 0.462 e. The number of halogens is 2. The second-order valence-electron chi connectivity index (χ2n) is 7.25. The van der Waals surface area contributed by atoms with Crippen LogP contribution in [0.2, 0.25) is 0 Å². The highest BCUT2D eigenvalue weighted by molar-refractivity contribution is 9.10. The molecule has 0 spiro atoms. The summed E-state index contributed by atoms with van der Waals surface area (Å²) in [7, 11) is 0. The minimum atomic E-state index is -0.678. The molecule has 28 heavy (non-hydrogen) atoms. The van der Waals surface area contributed by atoms with Crippen LogP contribution in [0.4, 0.5) is 0 Å². The maximum atomic E-state index is 6.58. The van der Waals surface area contributed by atoms with Crippen molar-refractivity contribution in [2.45, 2.75) is 25.1 Å². The smallest absolute Gasteiger partial charge is 0.221 e. The molecule has 0 saturated carbocycles. The van der Waals surface area contributed by atoms with Crippen LogP contribution in [0.1, 0.15) is 36.1 Å². The van der Waals surface area contributed by atoms with Gasteiger partial charge in [0.15, 0.2) is 0 Å². The molecule has 2 aliphatic rings. The molecule has 0 aliphatic carbocycles.